The predicted octanol–water partition coefficient (Wildman–Crippen LogP) is 1.38. The summed E-state index contributed by atoms with van der Waals surface area (Å²) in [4.78, 5) is 21.7. The SMILES string of the molecule is Cn1ccnc1CNc1ncnc(Cl)c1[N+](=O)[O-]. The molecule has 0 bridgehead atoms. The van der Waals surface area contributed by atoms with Gasteiger partial charge in [0.05, 0.1) is 11.5 Å². The van der Waals surface area contributed by atoms with Crippen LogP contribution in [0.15, 0.2) is 18.7 Å². The number of imidazole rings is 1. The number of halogens is 1. The second-order valence-electron chi connectivity index (χ2n) is 3.43. The minimum absolute atomic E-state index is 0.0722. The third-order valence-electron chi connectivity index (χ3n) is 2.30. The Morgan fingerprint density at radius 2 is 2.28 bits per heavy atom. The van der Waals surface area contributed by atoms with Crippen LogP contribution in [0.2, 0.25) is 5.15 Å². The number of nitro groups is 1. The number of nitrogens with one attached hydrogen (secondary N) is 1. The minimum atomic E-state index is -0.622. The van der Waals surface area contributed by atoms with E-state index in [2.05, 4.69) is 20.3 Å². The molecule has 0 saturated carbocycles. The summed E-state index contributed by atoms with van der Waals surface area (Å²) in [6.07, 6.45) is 4.58. The highest BCUT2D eigenvalue weighted by Gasteiger charge is 2.21. The van der Waals surface area contributed by atoms with Gasteiger partial charge in [-0.15, -0.1) is 0 Å². The third kappa shape index (κ3) is 2.38. The Balaban J connectivity index is 2.22. The van der Waals surface area contributed by atoms with E-state index in [4.69, 9.17) is 11.6 Å². The van der Waals surface area contributed by atoms with Crippen LogP contribution in [0.4, 0.5) is 11.5 Å². The molecule has 8 nitrogen and oxygen atoms in total. The standard InChI is InChI=1S/C9H9ClN6O2/c1-15-3-2-11-6(15)4-12-9-7(16(17)18)8(10)13-5-14-9/h2-3,5H,4H2,1H3,(H,12,13,14). The maximum atomic E-state index is 10.9. The molecule has 2 aromatic rings. The van der Waals surface area contributed by atoms with Gasteiger partial charge >= 0.3 is 5.69 Å². The smallest absolute Gasteiger partial charge is 0.348 e. The lowest BCUT2D eigenvalue weighted by atomic mass is 10.4. The van der Waals surface area contributed by atoms with Crippen LogP contribution < -0.4 is 5.32 Å². The first-order valence-corrected chi connectivity index (χ1v) is 5.32. The van der Waals surface area contributed by atoms with Gasteiger partial charge in [-0.3, -0.25) is 10.1 Å². The molecule has 0 aliphatic heterocycles. The van der Waals surface area contributed by atoms with Crippen LogP contribution in [0, 0.1) is 10.1 Å². The molecule has 0 spiro atoms. The van der Waals surface area contributed by atoms with E-state index in [0.29, 0.717) is 6.54 Å². The molecule has 18 heavy (non-hydrogen) atoms. The van der Waals surface area contributed by atoms with Crippen LogP contribution in [0.1, 0.15) is 5.82 Å². The van der Waals surface area contributed by atoms with Crippen molar-refractivity contribution in [1.82, 2.24) is 19.5 Å². The van der Waals surface area contributed by atoms with Gasteiger partial charge in [0.2, 0.25) is 11.0 Å². The third-order valence-corrected chi connectivity index (χ3v) is 2.57. The van der Waals surface area contributed by atoms with Crippen LogP contribution in [-0.2, 0) is 13.6 Å². The molecule has 0 unspecified atom stereocenters. The first kappa shape index (κ1) is 12.2. The zero-order valence-corrected chi connectivity index (χ0v) is 10.1. The largest absolute Gasteiger partial charge is 0.357 e. The van der Waals surface area contributed by atoms with Gasteiger partial charge in [-0.25, -0.2) is 15.0 Å². The van der Waals surface area contributed by atoms with Crippen molar-refractivity contribution in [3.63, 3.8) is 0 Å². The molecule has 2 rings (SSSR count). The lowest BCUT2D eigenvalue weighted by Gasteiger charge is -2.06. The van der Waals surface area contributed by atoms with Gasteiger partial charge in [-0.1, -0.05) is 11.6 Å². The van der Waals surface area contributed by atoms with Crippen molar-refractivity contribution in [3.05, 3.63) is 39.8 Å². The van der Waals surface area contributed by atoms with E-state index in [-0.39, 0.29) is 16.7 Å². The summed E-state index contributed by atoms with van der Waals surface area (Å²) in [7, 11) is 1.82. The highest BCUT2D eigenvalue weighted by Crippen LogP contribution is 2.28. The number of nitrogens with zero attached hydrogens (tertiary/aromatic N) is 5. The van der Waals surface area contributed by atoms with Gasteiger partial charge in [-0.05, 0) is 0 Å². The summed E-state index contributed by atoms with van der Waals surface area (Å²) in [5, 5.41) is 13.5. The summed E-state index contributed by atoms with van der Waals surface area (Å²) in [5.74, 6) is 0.794. The maximum Gasteiger partial charge on any atom is 0.348 e. The van der Waals surface area contributed by atoms with E-state index < -0.39 is 4.92 Å². The molecule has 0 amide bonds. The average Bonchev–Trinajstić information content (AvgIpc) is 2.71. The maximum absolute atomic E-state index is 10.9. The molecular formula is C9H9ClN6O2. The molecule has 1 N–H and O–H groups in total. The molecule has 0 atom stereocenters. The molecule has 2 heterocycles. The first-order chi connectivity index (χ1) is 8.59. The van der Waals surface area contributed by atoms with Crippen LogP contribution in [-0.4, -0.2) is 24.4 Å². The zero-order valence-electron chi connectivity index (χ0n) is 9.37. The summed E-state index contributed by atoms with van der Waals surface area (Å²) in [5.41, 5.74) is -0.339. The van der Waals surface area contributed by atoms with E-state index >= 15 is 0 Å². The van der Waals surface area contributed by atoms with E-state index in [1.807, 2.05) is 7.05 Å². The highest BCUT2D eigenvalue weighted by atomic mass is 35.5. The van der Waals surface area contributed by atoms with Gasteiger partial charge in [-0.2, -0.15) is 0 Å². The molecule has 0 aromatic carbocycles. The number of hydrogen-bond donors (Lipinski definition) is 1. The fourth-order valence-corrected chi connectivity index (χ4v) is 1.58. The Labute approximate surface area is 107 Å². The minimum Gasteiger partial charge on any atom is -0.357 e. The van der Waals surface area contributed by atoms with Crippen molar-refractivity contribution in [1.29, 1.82) is 0 Å². The van der Waals surface area contributed by atoms with Gasteiger partial charge in [0.15, 0.2) is 0 Å². The summed E-state index contributed by atoms with van der Waals surface area (Å²) < 4.78 is 1.79. The van der Waals surface area contributed by atoms with Gasteiger partial charge < -0.3 is 9.88 Å². The van der Waals surface area contributed by atoms with Crippen molar-refractivity contribution in [3.8, 4) is 0 Å². The predicted molar refractivity (Wildman–Crippen MR) is 64.2 cm³/mol. The molecule has 0 fully saturated rings. The van der Waals surface area contributed by atoms with E-state index in [9.17, 15) is 10.1 Å². The Morgan fingerprint density at radius 1 is 1.50 bits per heavy atom. The lowest BCUT2D eigenvalue weighted by Crippen LogP contribution is -2.09. The van der Waals surface area contributed by atoms with E-state index in [0.717, 1.165) is 12.2 Å². The van der Waals surface area contributed by atoms with Gasteiger partial charge in [0, 0.05) is 19.4 Å². The van der Waals surface area contributed by atoms with Crippen molar-refractivity contribution >= 4 is 23.1 Å². The molecule has 0 aliphatic rings. The second kappa shape index (κ2) is 4.96. The van der Waals surface area contributed by atoms with Crippen LogP contribution in [0.3, 0.4) is 0 Å². The Kier molecular flexibility index (Phi) is 3.38. The summed E-state index contributed by atoms with van der Waals surface area (Å²) in [6, 6.07) is 0. The van der Waals surface area contributed by atoms with Crippen LogP contribution >= 0.6 is 11.6 Å². The molecule has 94 valence electrons. The normalized spacial score (nSPS) is 10.3. The second-order valence-corrected chi connectivity index (χ2v) is 3.78. The number of hydrogen-bond acceptors (Lipinski definition) is 6. The first-order valence-electron chi connectivity index (χ1n) is 4.94. The van der Waals surface area contributed by atoms with E-state index in [1.165, 1.54) is 0 Å². The number of anilines is 1. The summed E-state index contributed by atoms with van der Waals surface area (Å²) in [6.45, 7) is 0.303. The Bertz CT molecular complexity index is 584. The summed E-state index contributed by atoms with van der Waals surface area (Å²) >= 11 is 5.66. The van der Waals surface area contributed by atoms with Crippen molar-refractivity contribution in [2.75, 3.05) is 5.32 Å². The van der Waals surface area contributed by atoms with Crippen LogP contribution in [0.5, 0.6) is 0 Å². The Hall–Kier alpha value is -2.22. The Morgan fingerprint density at radius 3 is 2.89 bits per heavy atom. The monoisotopic (exact) mass is 268 g/mol. The van der Waals surface area contributed by atoms with Gasteiger partial charge in [0.25, 0.3) is 0 Å². The van der Waals surface area contributed by atoms with Crippen molar-refractivity contribution in [2.24, 2.45) is 7.05 Å². The fourth-order valence-electron chi connectivity index (χ4n) is 1.38. The molecule has 9 heteroatoms. The molecule has 0 aliphatic carbocycles. The topological polar surface area (TPSA) is 98.8 Å². The van der Waals surface area contributed by atoms with Crippen molar-refractivity contribution < 1.29 is 4.92 Å². The molecular weight excluding hydrogens is 260 g/mol. The number of aryl methyl sites for hydroxylation is 1. The molecule has 2 aromatic heterocycles. The number of aromatic nitrogens is 4. The molecule has 0 radical (unpaired) electrons. The quantitative estimate of drug-likeness (QED) is 0.511. The average molecular weight is 269 g/mol. The van der Waals surface area contributed by atoms with Gasteiger partial charge in [0.1, 0.15) is 12.2 Å². The fraction of sp³-hybridized carbons (Fsp3) is 0.222. The van der Waals surface area contributed by atoms with Crippen LogP contribution in [0.25, 0.3) is 0 Å². The molecule has 0 saturated heterocycles. The zero-order chi connectivity index (χ0) is 13.1. The number of rotatable bonds is 4. The lowest BCUT2D eigenvalue weighted by molar-refractivity contribution is -0.384. The van der Waals surface area contributed by atoms with E-state index in [1.54, 1.807) is 17.0 Å². The highest BCUT2D eigenvalue weighted by molar-refractivity contribution is 6.31. The van der Waals surface area contributed by atoms with Crippen molar-refractivity contribution in [2.45, 2.75) is 6.54 Å².